The minimum atomic E-state index is -3.96. The Balaban J connectivity index is 1.90. The summed E-state index contributed by atoms with van der Waals surface area (Å²) in [6.07, 6.45) is 0.679. The van der Waals surface area contributed by atoms with Crippen LogP contribution >= 0.6 is 11.6 Å². The molecule has 0 saturated heterocycles. The number of nitrogens with one attached hydrogen (secondary N) is 1. The smallest absolute Gasteiger partial charge is 0.264 e. The normalized spacial score (nSPS) is 12.2. The molecule has 3 rings (SSSR count). The first-order valence-corrected chi connectivity index (χ1v) is 11.4. The third kappa shape index (κ3) is 5.20. The van der Waals surface area contributed by atoms with E-state index in [1.54, 1.807) is 36.4 Å². The molecule has 1 N–H and O–H groups in total. The molecule has 0 aliphatic heterocycles. The average molecular weight is 443 g/mol. The summed E-state index contributed by atoms with van der Waals surface area (Å²) in [6.45, 7) is 1.61. The van der Waals surface area contributed by atoms with E-state index in [2.05, 4.69) is 5.32 Å². The number of halogens is 1. The van der Waals surface area contributed by atoms with Crippen molar-refractivity contribution in [1.29, 1.82) is 0 Å². The molecule has 0 unspecified atom stereocenters. The molecule has 3 aromatic carbocycles. The van der Waals surface area contributed by atoms with Gasteiger partial charge < -0.3 is 5.32 Å². The summed E-state index contributed by atoms with van der Waals surface area (Å²) < 4.78 is 27.7. The van der Waals surface area contributed by atoms with Crippen molar-refractivity contribution >= 4 is 33.2 Å². The topological polar surface area (TPSA) is 66.5 Å². The van der Waals surface area contributed by atoms with Crippen molar-refractivity contribution in [2.24, 2.45) is 0 Å². The van der Waals surface area contributed by atoms with Crippen molar-refractivity contribution in [2.75, 3.05) is 10.8 Å². The standard InChI is InChI=1S/C23H23ClN2O3S/c1-2-22(18-10-5-3-6-11-18)25-23(27)17-26(20-13-9-12-19(24)16-20)30(28,29)21-14-7-4-8-15-21/h3-16,22H,2,17H2,1H3,(H,25,27)/t22-/m1/s1. The third-order valence-electron chi connectivity index (χ3n) is 4.66. The Labute approximate surface area is 182 Å². The zero-order chi connectivity index (χ0) is 21.6. The van der Waals surface area contributed by atoms with Gasteiger partial charge in [0.2, 0.25) is 5.91 Å². The highest BCUT2D eigenvalue weighted by Crippen LogP contribution is 2.26. The van der Waals surface area contributed by atoms with E-state index in [1.807, 2.05) is 37.3 Å². The number of nitrogens with zero attached hydrogens (tertiary/aromatic N) is 1. The van der Waals surface area contributed by atoms with E-state index in [0.717, 1.165) is 9.87 Å². The van der Waals surface area contributed by atoms with Gasteiger partial charge in [0.05, 0.1) is 16.6 Å². The van der Waals surface area contributed by atoms with Crippen LogP contribution in [0, 0.1) is 0 Å². The summed E-state index contributed by atoms with van der Waals surface area (Å²) >= 11 is 6.09. The maximum Gasteiger partial charge on any atom is 0.264 e. The fraction of sp³-hybridized carbons (Fsp3) is 0.174. The predicted molar refractivity (Wildman–Crippen MR) is 120 cm³/mol. The van der Waals surface area contributed by atoms with Crippen LogP contribution in [0.4, 0.5) is 5.69 Å². The largest absolute Gasteiger partial charge is 0.348 e. The van der Waals surface area contributed by atoms with Crippen LogP contribution in [-0.4, -0.2) is 20.9 Å². The zero-order valence-electron chi connectivity index (χ0n) is 16.5. The highest BCUT2D eigenvalue weighted by Gasteiger charge is 2.28. The van der Waals surface area contributed by atoms with Gasteiger partial charge in [-0.1, -0.05) is 73.1 Å². The Hall–Kier alpha value is -2.83. The number of hydrogen-bond acceptors (Lipinski definition) is 3. The molecule has 1 amide bonds. The molecule has 0 spiro atoms. The van der Waals surface area contributed by atoms with Crippen molar-refractivity contribution in [1.82, 2.24) is 5.32 Å². The number of anilines is 1. The summed E-state index contributed by atoms with van der Waals surface area (Å²) in [5.74, 6) is -0.398. The first kappa shape index (κ1) is 21.9. The van der Waals surface area contributed by atoms with Gasteiger partial charge in [-0.05, 0) is 42.3 Å². The van der Waals surface area contributed by atoms with Gasteiger partial charge in [-0.15, -0.1) is 0 Å². The second-order valence-electron chi connectivity index (χ2n) is 6.74. The second-order valence-corrected chi connectivity index (χ2v) is 9.04. The highest BCUT2D eigenvalue weighted by molar-refractivity contribution is 7.92. The lowest BCUT2D eigenvalue weighted by molar-refractivity contribution is -0.120. The molecule has 0 aliphatic carbocycles. The number of hydrogen-bond donors (Lipinski definition) is 1. The second kappa shape index (κ2) is 9.78. The van der Waals surface area contributed by atoms with Gasteiger partial charge in [0.15, 0.2) is 0 Å². The monoisotopic (exact) mass is 442 g/mol. The molecule has 0 heterocycles. The van der Waals surface area contributed by atoms with Crippen LogP contribution in [0.5, 0.6) is 0 Å². The van der Waals surface area contributed by atoms with Crippen LogP contribution in [0.3, 0.4) is 0 Å². The van der Waals surface area contributed by atoms with E-state index >= 15 is 0 Å². The molecular weight excluding hydrogens is 420 g/mol. The van der Waals surface area contributed by atoms with E-state index < -0.39 is 15.9 Å². The minimum absolute atomic E-state index is 0.105. The lowest BCUT2D eigenvalue weighted by atomic mass is 10.0. The number of sulfonamides is 1. The Morgan fingerprint density at radius 1 is 0.967 bits per heavy atom. The van der Waals surface area contributed by atoms with Crippen LogP contribution in [0.25, 0.3) is 0 Å². The first-order valence-electron chi connectivity index (χ1n) is 9.59. The molecule has 5 nitrogen and oxygen atoms in total. The lowest BCUT2D eigenvalue weighted by Crippen LogP contribution is -2.42. The number of carbonyl (C=O) groups is 1. The number of rotatable bonds is 8. The highest BCUT2D eigenvalue weighted by atomic mass is 35.5. The van der Waals surface area contributed by atoms with Gasteiger partial charge in [-0.3, -0.25) is 9.10 Å². The molecule has 1 atom stereocenters. The van der Waals surface area contributed by atoms with E-state index in [0.29, 0.717) is 17.1 Å². The Morgan fingerprint density at radius 2 is 1.60 bits per heavy atom. The molecule has 0 radical (unpaired) electrons. The molecule has 0 saturated carbocycles. The van der Waals surface area contributed by atoms with Crippen molar-refractivity contribution in [3.8, 4) is 0 Å². The summed E-state index contributed by atoms with van der Waals surface area (Å²) in [5, 5.41) is 3.33. The molecule has 0 aromatic heterocycles. The van der Waals surface area contributed by atoms with Crippen LogP contribution in [0.2, 0.25) is 5.02 Å². The number of amides is 1. The average Bonchev–Trinajstić information content (AvgIpc) is 2.77. The van der Waals surface area contributed by atoms with E-state index in [4.69, 9.17) is 11.6 Å². The first-order chi connectivity index (χ1) is 14.4. The van der Waals surface area contributed by atoms with Gasteiger partial charge in [0.1, 0.15) is 6.54 Å². The van der Waals surface area contributed by atoms with E-state index in [1.165, 1.54) is 18.2 Å². The third-order valence-corrected chi connectivity index (χ3v) is 6.68. The minimum Gasteiger partial charge on any atom is -0.348 e. The van der Waals surface area contributed by atoms with Crippen LogP contribution in [0.1, 0.15) is 24.9 Å². The Bertz CT molecular complexity index is 1090. The number of carbonyl (C=O) groups excluding carboxylic acids is 1. The van der Waals surface area contributed by atoms with Gasteiger partial charge in [-0.25, -0.2) is 8.42 Å². The van der Waals surface area contributed by atoms with Crippen LogP contribution in [0.15, 0.2) is 89.8 Å². The molecule has 30 heavy (non-hydrogen) atoms. The number of benzene rings is 3. The maximum atomic E-state index is 13.3. The molecule has 7 heteroatoms. The fourth-order valence-electron chi connectivity index (χ4n) is 3.14. The van der Waals surface area contributed by atoms with Crippen molar-refractivity contribution in [2.45, 2.75) is 24.3 Å². The van der Waals surface area contributed by atoms with E-state index in [9.17, 15) is 13.2 Å². The molecular formula is C23H23ClN2O3S. The van der Waals surface area contributed by atoms with Crippen molar-refractivity contribution in [3.05, 3.63) is 95.5 Å². The summed E-state index contributed by atoms with van der Waals surface area (Å²) in [5.41, 5.74) is 1.29. The van der Waals surface area contributed by atoms with Gasteiger partial charge >= 0.3 is 0 Å². The molecule has 0 bridgehead atoms. The summed E-state index contributed by atoms with van der Waals surface area (Å²) in [6, 6.07) is 23.9. The molecule has 0 aliphatic rings. The SMILES string of the molecule is CC[C@@H](NC(=O)CN(c1cccc(Cl)c1)S(=O)(=O)c1ccccc1)c1ccccc1. The predicted octanol–water partition coefficient (Wildman–Crippen LogP) is 4.80. The summed E-state index contributed by atoms with van der Waals surface area (Å²) in [7, 11) is -3.96. The molecule has 3 aromatic rings. The molecule has 0 fully saturated rings. The van der Waals surface area contributed by atoms with E-state index in [-0.39, 0.29) is 17.5 Å². The van der Waals surface area contributed by atoms with Crippen LogP contribution < -0.4 is 9.62 Å². The van der Waals surface area contributed by atoms with Gasteiger partial charge in [0, 0.05) is 5.02 Å². The van der Waals surface area contributed by atoms with Gasteiger partial charge in [0.25, 0.3) is 10.0 Å². The van der Waals surface area contributed by atoms with Crippen molar-refractivity contribution < 1.29 is 13.2 Å². The zero-order valence-corrected chi connectivity index (χ0v) is 18.1. The van der Waals surface area contributed by atoms with Gasteiger partial charge in [-0.2, -0.15) is 0 Å². The molecule has 156 valence electrons. The summed E-state index contributed by atoms with van der Waals surface area (Å²) in [4.78, 5) is 13.0. The maximum absolute atomic E-state index is 13.3. The quantitative estimate of drug-likeness (QED) is 0.544. The van der Waals surface area contributed by atoms with Crippen molar-refractivity contribution in [3.63, 3.8) is 0 Å². The Kier molecular flexibility index (Phi) is 7.13. The lowest BCUT2D eigenvalue weighted by Gasteiger charge is -2.26. The Morgan fingerprint density at radius 3 is 2.20 bits per heavy atom. The fourth-order valence-corrected chi connectivity index (χ4v) is 4.76. The van der Waals surface area contributed by atoms with Crippen LogP contribution in [-0.2, 0) is 14.8 Å².